The second-order valence-electron chi connectivity index (χ2n) is 5.34. The van der Waals surface area contributed by atoms with Gasteiger partial charge in [0.2, 0.25) is 10.0 Å². The molecule has 2 aromatic rings. The lowest BCUT2D eigenvalue weighted by atomic mass is 10.1. The number of anilines is 2. The molecule has 0 amide bonds. The molecule has 138 valence electrons. The van der Waals surface area contributed by atoms with E-state index in [1.807, 2.05) is 0 Å². The van der Waals surface area contributed by atoms with E-state index in [1.54, 1.807) is 31.2 Å². The van der Waals surface area contributed by atoms with Crippen LogP contribution in [0.15, 0.2) is 47.6 Å². The highest BCUT2D eigenvalue weighted by Gasteiger charge is 2.06. The van der Waals surface area contributed by atoms with Crippen molar-refractivity contribution < 1.29 is 17.2 Å². The highest BCUT2D eigenvalue weighted by atomic mass is 32.2. The first-order chi connectivity index (χ1) is 12.1. The summed E-state index contributed by atoms with van der Waals surface area (Å²) in [7, 11) is -3.34. The number of hydrazone groups is 1. The van der Waals surface area contributed by atoms with Gasteiger partial charge in [-0.2, -0.15) is 5.10 Å². The summed E-state index contributed by atoms with van der Waals surface area (Å²) in [6.45, 7) is 1.72. The fourth-order valence-electron chi connectivity index (χ4n) is 1.93. The number of benzene rings is 2. The van der Waals surface area contributed by atoms with Crippen molar-refractivity contribution in [1.29, 1.82) is 0 Å². The van der Waals surface area contributed by atoms with Crippen LogP contribution >= 0.6 is 12.2 Å². The molecule has 0 aliphatic carbocycles. The Kier molecular flexibility index (Phi) is 6.22. The normalized spacial score (nSPS) is 11.8. The molecule has 0 aliphatic heterocycles. The molecule has 10 heteroatoms. The highest BCUT2D eigenvalue weighted by molar-refractivity contribution is 7.92. The van der Waals surface area contributed by atoms with Gasteiger partial charge >= 0.3 is 0 Å². The summed E-state index contributed by atoms with van der Waals surface area (Å²) in [6, 6.07) is 9.64. The summed E-state index contributed by atoms with van der Waals surface area (Å²) in [5.41, 5.74) is 4.31. The van der Waals surface area contributed by atoms with Gasteiger partial charge in [0.1, 0.15) is 11.6 Å². The van der Waals surface area contributed by atoms with Gasteiger partial charge < -0.3 is 5.32 Å². The van der Waals surface area contributed by atoms with Gasteiger partial charge in [-0.3, -0.25) is 10.1 Å². The Morgan fingerprint density at radius 2 is 1.77 bits per heavy atom. The molecule has 0 radical (unpaired) electrons. The highest BCUT2D eigenvalue weighted by Crippen LogP contribution is 2.15. The maximum Gasteiger partial charge on any atom is 0.229 e. The third-order valence-electron chi connectivity index (χ3n) is 3.11. The maximum absolute atomic E-state index is 13.6. The summed E-state index contributed by atoms with van der Waals surface area (Å²) < 4.78 is 51.1. The minimum Gasteiger partial charge on any atom is -0.329 e. The molecule has 0 aromatic heterocycles. The lowest BCUT2D eigenvalue weighted by molar-refractivity contribution is 0.586. The molecule has 0 heterocycles. The number of nitrogens with zero attached hydrogens (tertiary/aromatic N) is 1. The second kappa shape index (κ2) is 8.19. The van der Waals surface area contributed by atoms with E-state index in [0.717, 1.165) is 24.0 Å². The first-order valence-corrected chi connectivity index (χ1v) is 9.58. The van der Waals surface area contributed by atoms with E-state index in [9.17, 15) is 17.2 Å². The predicted octanol–water partition coefficient (Wildman–Crippen LogP) is 3.05. The quantitative estimate of drug-likeness (QED) is 0.410. The van der Waals surface area contributed by atoms with Gasteiger partial charge in [0.05, 0.1) is 17.7 Å². The fraction of sp³-hybridized carbons (Fsp3) is 0.125. The van der Waals surface area contributed by atoms with E-state index in [-0.39, 0.29) is 10.8 Å². The van der Waals surface area contributed by atoms with E-state index < -0.39 is 21.7 Å². The van der Waals surface area contributed by atoms with Crippen LogP contribution in [-0.2, 0) is 10.0 Å². The summed E-state index contributed by atoms with van der Waals surface area (Å²) in [5.74, 6) is -1.46. The van der Waals surface area contributed by atoms with E-state index >= 15 is 0 Å². The average Bonchev–Trinajstić information content (AvgIpc) is 2.54. The molecule has 6 nitrogen and oxygen atoms in total. The van der Waals surface area contributed by atoms with E-state index in [2.05, 4.69) is 20.6 Å². The van der Waals surface area contributed by atoms with Gasteiger partial charge in [-0.25, -0.2) is 17.2 Å². The molecule has 0 aliphatic rings. The second-order valence-corrected chi connectivity index (χ2v) is 7.50. The van der Waals surface area contributed by atoms with Crippen LogP contribution in [0.5, 0.6) is 0 Å². The van der Waals surface area contributed by atoms with Crippen molar-refractivity contribution in [2.75, 3.05) is 16.3 Å². The molecule has 3 N–H and O–H groups in total. The van der Waals surface area contributed by atoms with E-state index in [4.69, 9.17) is 12.2 Å². The third-order valence-corrected chi connectivity index (χ3v) is 3.91. The number of halogens is 2. The fourth-order valence-corrected chi connectivity index (χ4v) is 2.65. The lowest BCUT2D eigenvalue weighted by Gasteiger charge is -2.09. The monoisotopic (exact) mass is 398 g/mol. The minimum atomic E-state index is -3.34. The zero-order valence-corrected chi connectivity index (χ0v) is 15.5. The Balaban J connectivity index is 1.99. The lowest BCUT2D eigenvalue weighted by Crippen LogP contribution is -2.25. The number of hydrogen-bond donors (Lipinski definition) is 3. The molecule has 0 bridgehead atoms. The van der Waals surface area contributed by atoms with Crippen molar-refractivity contribution >= 4 is 44.4 Å². The summed E-state index contributed by atoms with van der Waals surface area (Å²) in [6.07, 6.45) is 1.06. The average molecular weight is 398 g/mol. The Hall–Kier alpha value is -2.59. The topological polar surface area (TPSA) is 82.6 Å². The van der Waals surface area contributed by atoms with Gasteiger partial charge in [-0.05, 0) is 49.0 Å². The molecule has 0 saturated heterocycles. The van der Waals surface area contributed by atoms with Crippen LogP contribution in [0.25, 0.3) is 0 Å². The minimum absolute atomic E-state index is 0.0213. The van der Waals surface area contributed by atoms with Crippen molar-refractivity contribution in [2.45, 2.75) is 6.92 Å². The van der Waals surface area contributed by atoms with Gasteiger partial charge in [-0.1, -0.05) is 12.1 Å². The number of sulfonamides is 1. The van der Waals surface area contributed by atoms with Crippen molar-refractivity contribution in [3.8, 4) is 0 Å². The van der Waals surface area contributed by atoms with Crippen LogP contribution in [0.2, 0.25) is 0 Å². The molecule has 26 heavy (non-hydrogen) atoms. The first kappa shape index (κ1) is 19.7. The van der Waals surface area contributed by atoms with Crippen LogP contribution in [0.3, 0.4) is 0 Å². The molecule has 2 rings (SSSR count). The number of hydrogen-bond acceptors (Lipinski definition) is 4. The summed E-state index contributed by atoms with van der Waals surface area (Å²) in [5, 5.41) is 6.68. The van der Waals surface area contributed by atoms with Crippen LogP contribution in [0.4, 0.5) is 20.2 Å². The third kappa shape index (κ3) is 6.05. The molecule has 2 aromatic carbocycles. The van der Waals surface area contributed by atoms with Crippen molar-refractivity contribution in [3.05, 3.63) is 59.7 Å². The summed E-state index contributed by atoms with van der Waals surface area (Å²) >= 11 is 5.01. The molecule has 0 spiro atoms. The molecule has 0 atom stereocenters. The van der Waals surface area contributed by atoms with Gasteiger partial charge in [0.25, 0.3) is 0 Å². The summed E-state index contributed by atoms with van der Waals surface area (Å²) in [4.78, 5) is 0. The Morgan fingerprint density at radius 1 is 1.12 bits per heavy atom. The molecular formula is C16H16F2N4O2S2. The van der Waals surface area contributed by atoms with Crippen LogP contribution in [-0.4, -0.2) is 25.5 Å². The predicted molar refractivity (Wildman–Crippen MR) is 103 cm³/mol. The molecule has 0 unspecified atom stereocenters. The van der Waals surface area contributed by atoms with Gasteiger partial charge in [-0.15, -0.1) is 0 Å². The molecular weight excluding hydrogens is 382 g/mol. The zero-order valence-electron chi connectivity index (χ0n) is 13.9. The standard InChI is InChI=1S/C16H16F2N4O2S2/c1-10(11-3-6-13(7-4-11)22-26(2,23)24)20-21-16(25)19-15-8-5-12(17)9-14(15)18/h3-9,22H,1-2H3,(H2,19,21,25)/b20-10-. The van der Waals surface area contributed by atoms with Gasteiger partial charge in [0, 0.05) is 11.8 Å². The smallest absolute Gasteiger partial charge is 0.229 e. The maximum atomic E-state index is 13.6. The molecule has 0 fully saturated rings. The van der Waals surface area contributed by atoms with E-state index in [0.29, 0.717) is 11.4 Å². The Labute approximate surface area is 155 Å². The van der Waals surface area contributed by atoms with Gasteiger partial charge in [0.15, 0.2) is 5.11 Å². The van der Waals surface area contributed by atoms with Crippen LogP contribution in [0.1, 0.15) is 12.5 Å². The zero-order chi connectivity index (χ0) is 19.3. The first-order valence-electron chi connectivity index (χ1n) is 7.28. The van der Waals surface area contributed by atoms with Crippen molar-refractivity contribution in [3.63, 3.8) is 0 Å². The number of thiocarbonyl (C=S) groups is 1. The van der Waals surface area contributed by atoms with E-state index in [1.165, 1.54) is 6.07 Å². The Bertz CT molecular complexity index is 945. The largest absolute Gasteiger partial charge is 0.329 e. The number of rotatable bonds is 5. The molecule has 0 saturated carbocycles. The van der Waals surface area contributed by atoms with Crippen LogP contribution in [0, 0.1) is 11.6 Å². The van der Waals surface area contributed by atoms with Crippen molar-refractivity contribution in [1.82, 2.24) is 5.43 Å². The SMILES string of the molecule is C/C(=N/NC(=S)Nc1ccc(F)cc1F)c1ccc(NS(C)(=O)=O)cc1. The number of nitrogens with one attached hydrogen (secondary N) is 3. The van der Waals surface area contributed by atoms with Crippen LogP contribution < -0.4 is 15.5 Å². The van der Waals surface area contributed by atoms with Crippen molar-refractivity contribution in [2.24, 2.45) is 5.10 Å². The Morgan fingerprint density at radius 3 is 2.35 bits per heavy atom.